The predicted molar refractivity (Wildman–Crippen MR) is 54.2 cm³/mol. The van der Waals surface area contributed by atoms with Crippen molar-refractivity contribution in [3.63, 3.8) is 0 Å². The van der Waals surface area contributed by atoms with Gasteiger partial charge in [-0.25, -0.2) is 0 Å². The van der Waals surface area contributed by atoms with Crippen molar-refractivity contribution in [2.45, 2.75) is 25.2 Å². The second-order valence-corrected chi connectivity index (χ2v) is 3.30. The number of hydrogen-bond acceptors (Lipinski definition) is 2. The molecule has 66 valence electrons. The molecule has 0 aliphatic carbocycles. The molecule has 1 aromatic rings. The second-order valence-electron chi connectivity index (χ2n) is 2.82. The Labute approximate surface area is 79.2 Å². The van der Waals surface area contributed by atoms with Crippen molar-refractivity contribution in [2.24, 2.45) is 0 Å². The first kappa shape index (κ1) is 9.46. The van der Waals surface area contributed by atoms with Gasteiger partial charge in [0.15, 0.2) is 0 Å². The molecule has 0 bridgehead atoms. The van der Waals surface area contributed by atoms with E-state index in [1.165, 1.54) is 5.56 Å². The van der Waals surface area contributed by atoms with Crippen LogP contribution < -0.4 is 4.74 Å². The van der Waals surface area contributed by atoms with Gasteiger partial charge in [0.25, 0.3) is 0 Å². The molecule has 0 spiro atoms. The average Bonchev–Trinajstić information content (AvgIpc) is 2.07. The van der Waals surface area contributed by atoms with Crippen LogP contribution in [0.25, 0.3) is 0 Å². The van der Waals surface area contributed by atoms with E-state index >= 15 is 0 Å². The minimum Gasteiger partial charge on any atom is -0.492 e. The van der Waals surface area contributed by atoms with Gasteiger partial charge in [-0.3, -0.25) is 0 Å². The van der Waals surface area contributed by atoms with E-state index in [-0.39, 0.29) is 0 Å². The number of ether oxygens (including phenoxy) is 1. The summed E-state index contributed by atoms with van der Waals surface area (Å²) in [4.78, 5) is 0.911. The molecule has 0 N–H and O–H groups in total. The molecule has 0 saturated heterocycles. The maximum absolute atomic E-state index is 5.49. The van der Waals surface area contributed by atoms with Crippen LogP contribution in [0.1, 0.15) is 18.9 Å². The van der Waals surface area contributed by atoms with E-state index in [4.69, 9.17) is 4.74 Å². The quantitative estimate of drug-likeness (QED) is 0.707. The van der Waals surface area contributed by atoms with Crippen LogP contribution in [-0.4, -0.2) is 6.61 Å². The Bertz CT molecular complexity index is 258. The number of rotatable bonds is 3. The summed E-state index contributed by atoms with van der Waals surface area (Å²) >= 11 is 4.29. The zero-order valence-electron chi connectivity index (χ0n) is 7.50. The van der Waals surface area contributed by atoms with E-state index in [0.29, 0.717) is 0 Å². The molecular formula is C10H14OS. The Hall–Kier alpha value is -0.630. The molecule has 0 heterocycles. The molecule has 1 rings (SSSR count). The lowest BCUT2D eigenvalue weighted by Crippen LogP contribution is -1.95. The Morgan fingerprint density at radius 2 is 2.17 bits per heavy atom. The lowest BCUT2D eigenvalue weighted by atomic mass is 10.2. The van der Waals surface area contributed by atoms with Crippen LogP contribution in [0.4, 0.5) is 0 Å². The molecule has 0 aromatic heterocycles. The van der Waals surface area contributed by atoms with E-state index in [1.54, 1.807) is 0 Å². The first-order chi connectivity index (χ1) is 5.74. The highest BCUT2D eigenvalue weighted by molar-refractivity contribution is 7.80. The van der Waals surface area contributed by atoms with Gasteiger partial charge >= 0.3 is 0 Å². The highest BCUT2D eigenvalue weighted by Crippen LogP contribution is 2.23. The van der Waals surface area contributed by atoms with Crippen molar-refractivity contribution in [2.75, 3.05) is 6.61 Å². The zero-order chi connectivity index (χ0) is 8.97. The Balaban J connectivity index is 2.75. The number of benzene rings is 1. The van der Waals surface area contributed by atoms with E-state index in [2.05, 4.69) is 19.6 Å². The maximum atomic E-state index is 5.49. The smallest absolute Gasteiger partial charge is 0.132 e. The lowest BCUT2D eigenvalue weighted by Gasteiger charge is -2.07. The van der Waals surface area contributed by atoms with Crippen LogP contribution in [0, 0.1) is 6.92 Å². The molecule has 0 unspecified atom stereocenters. The van der Waals surface area contributed by atoms with Crippen LogP contribution in [0.3, 0.4) is 0 Å². The summed E-state index contributed by atoms with van der Waals surface area (Å²) < 4.78 is 5.49. The van der Waals surface area contributed by atoms with Crippen LogP contribution in [0.5, 0.6) is 5.75 Å². The Kier molecular flexibility index (Phi) is 3.48. The van der Waals surface area contributed by atoms with E-state index < -0.39 is 0 Å². The fourth-order valence-corrected chi connectivity index (χ4v) is 1.15. The summed E-state index contributed by atoms with van der Waals surface area (Å²) in [7, 11) is 0. The van der Waals surface area contributed by atoms with Crippen molar-refractivity contribution >= 4 is 12.6 Å². The molecule has 0 aliphatic rings. The molecule has 0 aliphatic heterocycles. The topological polar surface area (TPSA) is 9.23 Å². The molecule has 0 fully saturated rings. The van der Waals surface area contributed by atoms with Crippen LogP contribution in [-0.2, 0) is 0 Å². The minimum atomic E-state index is 0.761. The highest BCUT2D eigenvalue weighted by atomic mass is 32.1. The first-order valence-corrected chi connectivity index (χ1v) is 4.61. The summed E-state index contributed by atoms with van der Waals surface area (Å²) in [5.74, 6) is 0.889. The van der Waals surface area contributed by atoms with Gasteiger partial charge in [0.2, 0.25) is 0 Å². The molecular weight excluding hydrogens is 168 g/mol. The van der Waals surface area contributed by atoms with E-state index in [9.17, 15) is 0 Å². The molecule has 1 nitrogen and oxygen atoms in total. The summed E-state index contributed by atoms with van der Waals surface area (Å²) in [5, 5.41) is 0. The molecule has 0 amide bonds. The summed E-state index contributed by atoms with van der Waals surface area (Å²) in [6.45, 7) is 4.90. The van der Waals surface area contributed by atoms with Crippen LogP contribution >= 0.6 is 12.6 Å². The summed E-state index contributed by atoms with van der Waals surface area (Å²) in [6, 6.07) is 6.00. The summed E-state index contributed by atoms with van der Waals surface area (Å²) in [5.41, 5.74) is 1.21. The molecule has 1 aromatic carbocycles. The summed E-state index contributed by atoms with van der Waals surface area (Å²) in [6.07, 6.45) is 1.03. The second kappa shape index (κ2) is 4.41. The third kappa shape index (κ3) is 2.45. The van der Waals surface area contributed by atoms with Crippen molar-refractivity contribution in [3.8, 4) is 5.75 Å². The van der Waals surface area contributed by atoms with Crippen LogP contribution in [0.2, 0.25) is 0 Å². The number of aryl methyl sites for hydroxylation is 1. The monoisotopic (exact) mass is 182 g/mol. The van der Waals surface area contributed by atoms with Crippen molar-refractivity contribution in [3.05, 3.63) is 23.8 Å². The minimum absolute atomic E-state index is 0.761. The average molecular weight is 182 g/mol. The fourth-order valence-electron chi connectivity index (χ4n) is 0.949. The van der Waals surface area contributed by atoms with Crippen molar-refractivity contribution in [1.29, 1.82) is 0 Å². The molecule has 12 heavy (non-hydrogen) atoms. The third-order valence-corrected chi connectivity index (χ3v) is 1.95. The van der Waals surface area contributed by atoms with E-state index in [1.807, 2.05) is 25.1 Å². The van der Waals surface area contributed by atoms with Gasteiger partial charge in [-0.2, -0.15) is 0 Å². The van der Waals surface area contributed by atoms with Crippen LogP contribution in [0.15, 0.2) is 23.1 Å². The fraction of sp³-hybridized carbons (Fsp3) is 0.400. The van der Waals surface area contributed by atoms with Gasteiger partial charge in [-0.1, -0.05) is 13.0 Å². The highest BCUT2D eigenvalue weighted by Gasteiger charge is 1.98. The molecule has 2 heteroatoms. The first-order valence-electron chi connectivity index (χ1n) is 4.16. The SMILES string of the molecule is CCCOc1cc(C)ccc1S. The van der Waals surface area contributed by atoms with Crippen molar-refractivity contribution in [1.82, 2.24) is 0 Å². The molecule has 0 atom stereocenters. The Morgan fingerprint density at radius 3 is 2.83 bits per heavy atom. The zero-order valence-corrected chi connectivity index (χ0v) is 8.40. The predicted octanol–water partition coefficient (Wildman–Crippen LogP) is 3.07. The standard InChI is InChI=1S/C10H14OS/c1-3-6-11-9-7-8(2)4-5-10(9)12/h4-5,7,12H,3,6H2,1-2H3. The lowest BCUT2D eigenvalue weighted by molar-refractivity contribution is 0.310. The largest absolute Gasteiger partial charge is 0.492 e. The van der Waals surface area contributed by atoms with Gasteiger partial charge in [0.1, 0.15) is 5.75 Å². The van der Waals surface area contributed by atoms with Gasteiger partial charge in [-0.15, -0.1) is 12.6 Å². The van der Waals surface area contributed by atoms with Gasteiger partial charge in [0.05, 0.1) is 6.61 Å². The normalized spacial score (nSPS) is 9.92. The third-order valence-electron chi connectivity index (χ3n) is 1.58. The van der Waals surface area contributed by atoms with E-state index in [0.717, 1.165) is 23.7 Å². The molecule has 0 saturated carbocycles. The molecule has 0 radical (unpaired) electrons. The van der Waals surface area contributed by atoms with Gasteiger partial charge in [0, 0.05) is 4.90 Å². The maximum Gasteiger partial charge on any atom is 0.132 e. The Morgan fingerprint density at radius 1 is 1.42 bits per heavy atom. The number of hydrogen-bond donors (Lipinski definition) is 1. The van der Waals surface area contributed by atoms with Gasteiger partial charge in [-0.05, 0) is 31.0 Å². The number of thiol groups is 1. The van der Waals surface area contributed by atoms with Crippen molar-refractivity contribution < 1.29 is 4.74 Å². The van der Waals surface area contributed by atoms with Gasteiger partial charge < -0.3 is 4.74 Å².